The number of hydrogen-bond acceptors (Lipinski definition) is 5. The van der Waals surface area contributed by atoms with E-state index in [-0.39, 0.29) is 11.5 Å². The van der Waals surface area contributed by atoms with Crippen LogP contribution in [0.25, 0.3) is 11.3 Å². The minimum absolute atomic E-state index is 0.0706. The van der Waals surface area contributed by atoms with Gasteiger partial charge in [0, 0.05) is 68.7 Å². The second-order valence-electron chi connectivity index (χ2n) is 8.98. The molecule has 1 unspecified atom stereocenters. The Hall–Kier alpha value is -3.48. The van der Waals surface area contributed by atoms with E-state index in [0.717, 1.165) is 63.0 Å². The summed E-state index contributed by atoms with van der Waals surface area (Å²) in [7, 11) is 1.78. The Balaban J connectivity index is 1.36. The van der Waals surface area contributed by atoms with Gasteiger partial charge in [0.2, 0.25) is 5.95 Å². The first-order valence-electron chi connectivity index (χ1n) is 11.7. The molecule has 2 aromatic heterocycles. The van der Waals surface area contributed by atoms with Gasteiger partial charge in [-0.1, -0.05) is 12.1 Å². The van der Waals surface area contributed by atoms with Gasteiger partial charge in [0.15, 0.2) is 0 Å². The highest BCUT2D eigenvalue weighted by atomic mass is 16.2. The van der Waals surface area contributed by atoms with Crippen LogP contribution in [0.5, 0.6) is 0 Å². The van der Waals surface area contributed by atoms with E-state index in [1.165, 1.54) is 5.56 Å². The van der Waals surface area contributed by atoms with Gasteiger partial charge in [-0.25, -0.2) is 4.98 Å². The van der Waals surface area contributed by atoms with Crippen molar-refractivity contribution in [2.75, 3.05) is 31.1 Å². The molecule has 5 rings (SSSR count). The van der Waals surface area contributed by atoms with E-state index in [1.807, 2.05) is 29.2 Å². The standard InChI is InChI=1S/C26H29N5O2/c1-29-24(32)17-23(20-10-12-27-13-11-20)28-26(29)31-16-4-5-22(18-31)19-6-8-21(9-7-19)25(33)30-14-2-3-15-30/h6-13,17,22H,2-5,14-16,18H2,1H3. The van der Waals surface area contributed by atoms with Gasteiger partial charge in [0.25, 0.3) is 11.5 Å². The summed E-state index contributed by atoms with van der Waals surface area (Å²) < 4.78 is 1.63. The first kappa shape index (κ1) is 21.4. The number of benzene rings is 1. The molecule has 0 bridgehead atoms. The summed E-state index contributed by atoms with van der Waals surface area (Å²) in [4.78, 5) is 38.4. The molecule has 1 atom stereocenters. The molecule has 1 aromatic carbocycles. The lowest BCUT2D eigenvalue weighted by Gasteiger charge is -2.34. The number of nitrogens with zero attached hydrogens (tertiary/aromatic N) is 5. The zero-order valence-corrected chi connectivity index (χ0v) is 19.0. The topological polar surface area (TPSA) is 71.3 Å². The van der Waals surface area contributed by atoms with Gasteiger partial charge in [-0.15, -0.1) is 0 Å². The fourth-order valence-corrected chi connectivity index (χ4v) is 4.91. The van der Waals surface area contributed by atoms with Crippen molar-refractivity contribution in [2.24, 2.45) is 7.05 Å². The molecular formula is C26H29N5O2. The fraction of sp³-hybridized carbons (Fsp3) is 0.385. The van der Waals surface area contributed by atoms with Crippen molar-refractivity contribution in [1.29, 1.82) is 0 Å². The van der Waals surface area contributed by atoms with Crippen LogP contribution < -0.4 is 10.5 Å². The Morgan fingerprint density at radius 2 is 1.70 bits per heavy atom. The Morgan fingerprint density at radius 3 is 2.42 bits per heavy atom. The van der Waals surface area contributed by atoms with Gasteiger partial charge in [-0.2, -0.15) is 0 Å². The Bertz CT molecular complexity index is 1180. The monoisotopic (exact) mass is 443 g/mol. The number of likely N-dealkylation sites (tertiary alicyclic amines) is 1. The van der Waals surface area contributed by atoms with Crippen molar-refractivity contribution >= 4 is 11.9 Å². The van der Waals surface area contributed by atoms with Gasteiger partial charge in [-0.3, -0.25) is 19.1 Å². The molecule has 2 aliphatic rings. The summed E-state index contributed by atoms with van der Waals surface area (Å²) in [5, 5.41) is 0. The van der Waals surface area contributed by atoms with Gasteiger partial charge >= 0.3 is 0 Å². The highest BCUT2D eigenvalue weighted by Crippen LogP contribution is 2.30. The first-order chi connectivity index (χ1) is 16.1. The molecule has 0 N–H and O–H groups in total. The van der Waals surface area contributed by atoms with Crippen LogP contribution in [0.3, 0.4) is 0 Å². The van der Waals surface area contributed by atoms with Crippen molar-refractivity contribution in [3.8, 4) is 11.3 Å². The SMILES string of the molecule is Cn1c(N2CCCC(c3ccc(C(=O)N4CCCC4)cc3)C2)nc(-c2ccncc2)cc1=O. The molecule has 33 heavy (non-hydrogen) atoms. The zero-order valence-electron chi connectivity index (χ0n) is 19.0. The predicted molar refractivity (Wildman–Crippen MR) is 128 cm³/mol. The van der Waals surface area contributed by atoms with Crippen LogP contribution in [0.1, 0.15) is 47.5 Å². The van der Waals surface area contributed by atoms with E-state index in [2.05, 4.69) is 22.0 Å². The largest absolute Gasteiger partial charge is 0.342 e. The summed E-state index contributed by atoms with van der Waals surface area (Å²) in [5.74, 6) is 1.16. The van der Waals surface area contributed by atoms with Crippen molar-refractivity contribution in [2.45, 2.75) is 31.6 Å². The van der Waals surface area contributed by atoms with Crippen LogP contribution in [0.15, 0.2) is 59.7 Å². The van der Waals surface area contributed by atoms with Crippen LogP contribution in [0.2, 0.25) is 0 Å². The van der Waals surface area contributed by atoms with Crippen LogP contribution in [0.4, 0.5) is 5.95 Å². The lowest BCUT2D eigenvalue weighted by atomic mass is 9.90. The van der Waals surface area contributed by atoms with Gasteiger partial charge in [-0.05, 0) is 55.5 Å². The molecule has 2 saturated heterocycles. The second kappa shape index (κ2) is 9.17. The molecule has 2 aliphatic heterocycles. The number of aromatic nitrogens is 3. The van der Waals surface area contributed by atoms with Crippen LogP contribution in [-0.2, 0) is 7.05 Å². The predicted octanol–water partition coefficient (Wildman–Crippen LogP) is 3.46. The lowest BCUT2D eigenvalue weighted by molar-refractivity contribution is 0.0793. The second-order valence-corrected chi connectivity index (χ2v) is 8.98. The molecule has 0 spiro atoms. The number of pyridine rings is 1. The molecule has 3 aromatic rings. The van der Waals surface area contributed by atoms with E-state index in [0.29, 0.717) is 17.6 Å². The molecule has 4 heterocycles. The smallest absolute Gasteiger partial charge is 0.255 e. The minimum Gasteiger partial charge on any atom is -0.342 e. The maximum absolute atomic E-state index is 12.7. The molecule has 2 fully saturated rings. The summed E-state index contributed by atoms with van der Waals surface area (Å²) in [6, 6.07) is 13.4. The molecule has 1 amide bonds. The zero-order chi connectivity index (χ0) is 22.8. The molecule has 7 nitrogen and oxygen atoms in total. The number of anilines is 1. The highest BCUT2D eigenvalue weighted by Gasteiger charge is 2.25. The number of piperidine rings is 1. The molecule has 7 heteroatoms. The van der Waals surface area contributed by atoms with Crippen molar-refractivity contribution in [1.82, 2.24) is 19.4 Å². The normalized spacial score (nSPS) is 18.5. The average Bonchev–Trinajstić information content (AvgIpc) is 3.41. The number of carbonyl (C=O) groups is 1. The number of hydrogen-bond donors (Lipinski definition) is 0. The van der Waals surface area contributed by atoms with Gasteiger partial charge < -0.3 is 9.80 Å². The molecule has 170 valence electrons. The Morgan fingerprint density at radius 1 is 0.970 bits per heavy atom. The number of carbonyl (C=O) groups excluding carboxylic acids is 1. The summed E-state index contributed by atoms with van der Waals surface area (Å²) in [6.45, 7) is 3.38. The maximum atomic E-state index is 12.7. The van der Waals surface area contributed by atoms with Crippen molar-refractivity contribution < 1.29 is 4.79 Å². The molecule has 0 saturated carbocycles. The van der Waals surface area contributed by atoms with Gasteiger partial charge in [0.05, 0.1) is 5.69 Å². The van der Waals surface area contributed by atoms with E-state index in [1.54, 1.807) is 30.1 Å². The van der Waals surface area contributed by atoms with Crippen molar-refractivity contribution in [3.63, 3.8) is 0 Å². The summed E-state index contributed by atoms with van der Waals surface area (Å²) in [5.41, 5.74) is 3.48. The van der Waals surface area contributed by atoms with E-state index < -0.39 is 0 Å². The quantitative estimate of drug-likeness (QED) is 0.618. The summed E-state index contributed by atoms with van der Waals surface area (Å²) in [6.07, 6.45) is 7.72. The third-order valence-corrected chi connectivity index (χ3v) is 6.81. The molecule has 0 radical (unpaired) electrons. The maximum Gasteiger partial charge on any atom is 0.255 e. The van der Waals surface area contributed by atoms with E-state index in [9.17, 15) is 9.59 Å². The fourth-order valence-electron chi connectivity index (χ4n) is 4.91. The van der Waals surface area contributed by atoms with Crippen LogP contribution in [-0.4, -0.2) is 51.5 Å². The average molecular weight is 444 g/mol. The third-order valence-electron chi connectivity index (χ3n) is 6.81. The Labute approximate surface area is 193 Å². The van der Waals surface area contributed by atoms with E-state index in [4.69, 9.17) is 4.98 Å². The highest BCUT2D eigenvalue weighted by molar-refractivity contribution is 5.94. The lowest BCUT2D eigenvalue weighted by Crippen LogP contribution is -2.38. The molecule has 0 aliphatic carbocycles. The Kier molecular flexibility index (Phi) is 5.94. The number of rotatable bonds is 4. The summed E-state index contributed by atoms with van der Waals surface area (Å²) >= 11 is 0. The van der Waals surface area contributed by atoms with Crippen LogP contribution in [0, 0.1) is 0 Å². The van der Waals surface area contributed by atoms with E-state index >= 15 is 0 Å². The van der Waals surface area contributed by atoms with Gasteiger partial charge in [0.1, 0.15) is 0 Å². The first-order valence-corrected chi connectivity index (χ1v) is 11.7. The number of amides is 1. The third kappa shape index (κ3) is 4.40. The van der Waals surface area contributed by atoms with Crippen molar-refractivity contribution in [3.05, 3.63) is 76.3 Å². The minimum atomic E-state index is -0.0706. The van der Waals surface area contributed by atoms with Crippen LogP contribution >= 0.6 is 0 Å². The molecular weight excluding hydrogens is 414 g/mol.